The molecule has 3 aromatic rings. The number of ether oxygens (including phenoxy) is 1. The lowest BCUT2D eigenvalue weighted by Gasteiger charge is -2.30. The van der Waals surface area contributed by atoms with Gasteiger partial charge < -0.3 is 10.1 Å². The first-order chi connectivity index (χ1) is 16.3. The number of benzene rings is 3. The van der Waals surface area contributed by atoms with Crippen LogP contribution in [0.25, 0.3) is 0 Å². The number of amides is 1. The molecule has 1 atom stereocenters. The van der Waals surface area contributed by atoms with Crippen LogP contribution in [0.4, 0.5) is 10.1 Å². The van der Waals surface area contributed by atoms with Crippen LogP contribution >= 0.6 is 0 Å². The van der Waals surface area contributed by atoms with E-state index in [4.69, 9.17) is 4.74 Å². The van der Waals surface area contributed by atoms with Crippen molar-refractivity contribution >= 4 is 21.6 Å². The van der Waals surface area contributed by atoms with Gasteiger partial charge >= 0.3 is 0 Å². The van der Waals surface area contributed by atoms with E-state index in [-0.39, 0.29) is 29.3 Å². The molecular weight excluding hydrogens is 455 g/mol. The van der Waals surface area contributed by atoms with E-state index in [1.807, 2.05) is 24.3 Å². The maximum atomic E-state index is 13.4. The van der Waals surface area contributed by atoms with Gasteiger partial charge in [0.25, 0.3) is 15.9 Å². The van der Waals surface area contributed by atoms with Gasteiger partial charge in [-0.2, -0.15) is 0 Å². The van der Waals surface area contributed by atoms with E-state index in [0.29, 0.717) is 17.9 Å². The molecule has 0 radical (unpaired) electrons. The highest BCUT2D eigenvalue weighted by Crippen LogP contribution is 2.33. The number of aryl methyl sites for hydroxylation is 2. The van der Waals surface area contributed by atoms with Crippen LogP contribution < -0.4 is 14.4 Å². The van der Waals surface area contributed by atoms with E-state index >= 15 is 0 Å². The number of para-hydroxylation sites is 1. The Balaban J connectivity index is 1.42. The number of nitrogens with one attached hydrogen (secondary N) is 1. The molecule has 0 unspecified atom stereocenters. The van der Waals surface area contributed by atoms with Crippen molar-refractivity contribution in [1.29, 1.82) is 0 Å². The summed E-state index contributed by atoms with van der Waals surface area (Å²) in [6.07, 6.45) is 1.62. The van der Waals surface area contributed by atoms with E-state index in [9.17, 15) is 17.6 Å². The lowest BCUT2D eigenvalue weighted by molar-refractivity contribution is -0.123. The summed E-state index contributed by atoms with van der Waals surface area (Å²) < 4.78 is 46.9. The van der Waals surface area contributed by atoms with Crippen molar-refractivity contribution < 1.29 is 22.3 Å². The minimum absolute atomic E-state index is 0.184. The van der Waals surface area contributed by atoms with Crippen molar-refractivity contribution in [2.45, 2.75) is 37.6 Å². The molecule has 34 heavy (non-hydrogen) atoms. The predicted molar refractivity (Wildman–Crippen MR) is 129 cm³/mol. The zero-order chi connectivity index (χ0) is 24.3. The van der Waals surface area contributed by atoms with Crippen LogP contribution in [0.3, 0.4) is 0 Å². The van der Waals surface area contributed by atoms with Crippen LogP contribution in [0.2, 0.25) is 0 Å². The Morgan fingerprint density at radius 3 is 2.59 bits per heavy atom. The number of hydrogen-bond donors (Lipinski definition) is 1. The van der Waals surface area contributed by atoms with Crippen molar-refractivity contribution in [3.63, 3.8) is 0 Å². The molecule has 8 heteroatoms. The summed E-state index contributed by atoms with van der Waals surface area (Å²) in [5, 5.41) is 2.80. The minimum Gasteiger partial charge on any atom is -0.484 e. The topological polar surface area (TPSA) is 75.7 Å². The number of carbonyl (C=O) groups excluding carboxylic acids is 1. The van der Waals surface area contributed by atoms with Gasteiger partial charge in [0.2, 0.25) is 0 Å². The first-order valence-corrected chi connectivity index (χ1v) is 12.6. The molecule has 0 fully saturated rings. The largest absolute Gasteiger partial charge is 0.484 e. The SMILES string of the molecule is Cc1cc(S(=O)(=O)N2CCCc3ccccc32)ccc1OCC(=O)N[C@@H](C)c1ccc(F)cc1. The molecule has 4 rings (SSSR count). The molecule has 1 heterocycles. The second-order valence-electron chi connectivity index (χ2n) is 8.37. The summed E-state index contributed by atoms with van der Waals surface area (Å²) in [5.74, 6) is -0.239. The molecule has 6 nitrogen and oxygen atoms in total. The second-order valence-corrected chi connectivity index (χ2v) is 10.2. The Bertz CT molecular complexity index is 1290. The van der Waals surface area contributed by atoms with Crippen LogP contribution in [0.5, 0.6) is 5.75 Å². The number of halogens is 1. The van der Waals surface area contributed by atoms with Crippen molar-refractivity contribution in [3.8, 4) is 5.75 Å². The summed E-state index contributed by atoms with van der Waals surface area (Å²) in [5.41, 5.74) is 3.14. The summed E-state index contributed by atoms with van der Waals surface area (Å²) in [6, 6.07) is 17.8. The number of hydrogen-bond acceptors (Lipinski definition) is 4. The summed E-state index contributed by atoms with van der Waals surface area (Å²) in [7, 11) is -3.72. The Morgan fingerprint density at radius 1 is 1.12 bits per heavy atom. The smallest absolute Gasteiger partial charge is 0.264 e. The highest BCUT2D eigenvalue weighted by molar-refractivity contribution is 7.92. The Hall–Kier alpha value is -3.39. The molecule has 1 amide bonds. The fraction of sp³-hybridized carbons (Fsp3) is 0.269. The first kappa shape index (κ1) is 23.8. The normalized spacial score (nSPS) is 14.3. The first-order valence-electron chi connectivity index (χ1n) is 11.1. The van der Waals surface area contributed by atoms with Gasteiger partial charge in [0.1, 0.15) is 11.6 Å². The number of nitrogens with zero attached hydrogens (tertiary/aromatic N) is 1. The van der Waals surface area contributed by atoms with Crippen LogP contribution in [-0.4, -0.2) is 27.5 Å². The molecule has 1 aliphatic rings. The second kappa shape index (κ2) is 9.85. The number of fused-ring (bicyclic) bond motifs is 1. The van der Waals surface area contributed by atoms with Crippen molar-refractivity contribution in [3.05, 3.63) is 89.2 Å². The third-order valence-electron chi connectivity index (χ3n) is 5.91. The minimum atomic E-state index is -3.72. The summed E-state index contributed by atoms with van der Waals surface area (Å²) >= 11 is 0. The van der Waals surface area contributed by atoms with E-state index in [2.05, 4.69) is 5.32 Å². The molecule has 1 aliphatic heterocycles. The van der Waals surface area contributed by atoms with Crippen molar-refractivity contribution in [1.82, 2.24) is 5.32 Å². The molecule has 0 aromatic heterocycles. The third-order valence-corrected chi connectivity index (χ3v) is 7.72. The van der Waals surface area contributed by atoms with Crippen LogP contribution in [0.1, 0.15) is 36.1 Å². The lowest BCUT2D eigenvalue weighted by Crippen LogP contribution is -2.35. The summed E-state index contributed by atoms with van der Waals surface area (Å²) in [6.45, 7) is 3.76. The molecule has 178 valence electrons. The van der Waals surface area contributed by atoms with Gasteiger partial charge in [-0.15, -0.1) is 0 Å². The number of carbonyl (C=O) groups is 1. The van der Waals surface area contributed by atoms with E-state index in [0.717, 1.165) is 29.7 Å². The molecule has 0 bridgehead atoms. The summed E-state index contributed by atoms with van der Waals surface area (Å²) in [4.78, 5) is 12.5. The van der Waals surface area contributed by atoms with Gasteiger partial charge in [-0.1, -0.05) is 30.3 Å². The van der Waals surface area contributed by atoms with Crippen LogP contribution in [0, 0.1) is 12.7 Å². The van der Waals surface area contributed by atoms with Gasteiger partial charge in [0.05, 0.1) is 16.6 Å². The highest BCUT2D eigenvalue weighted by Gasteiger charge is 2.29. The number of sulfonamides is 1. The Kier molecular flexibility index (Phi) is 6.88. The maximum absolute atomic E-state index is 13.4. The van der Waals surface area contributed by atoms with Crippen LogP contribution in [0.15, 0.2) is 71.6 Å². The van der Waals surface area contributed by atoms with Crippen LogP contribution in [-0.2, 0) is 21.2 Å². The van der Waals surface area contributed by atoms with E-state index in [1.54, 1.807) is 38.1 Å². The lowest BCUT2D eigenvalue weighted by atomic mass is 10.0. The molecule has 1 N–H and O–H groups in total. The maximum Gasteiger partial charge on any atom is 0.264 e. The molecule has 3 aromatic carbocycles. The zero-order valence-electron chi connectivity index (χ0n) is 19.1. The zero-order valence-corrected chi connectivity index (χ0v) is 19.9. The molecule has 0 aliphatic carbocycles. The molecule has 0 spiro atoms. The van der Waals surface area contributed by atoms with Gasteiger partial charge in [-0.3, -0.25) is 9.10 Å². The van der Waals surface area contributed by atoms with Crippen molar-refractivity contribution in [2.75, 3.05) is 17.5 Å². The van der Waals surface area contributed by atoms with Gasteiger partial charge in [-0.05, 0) is 79.8 Å². The number of anilines is 1. The Morgan fingerprint density at radius 2 is 1.85 bits per heavy atom. The fourth-order valence-electron chi connectivity index (χ4n) is 4.08. The average Bonchev–Trinajstić information content (AvgIpc) is 2.83. The van der Waals surface area contributed by atoms with E-state index in [1.165, 1.54) is 22.5 Å². The fourth-order valence-corrected chi connectivity index (χ4v) is 5.71. The third kappa shape index (κ3) is 5.07. The molecule has 0 saturated carbocycles. The Labute approximate surface area is 199 Å². The molecule has 0 saturated heterocycles. The van der Waals surface area contributed by atoms with Gasteiger partial charge in [0.15, 0.2) is 6.61 Å². The standard InChI is InChI=1S/C26H27FN2O4S/c1-18-16-23(34(31,32)29-15-5-7-21-6-3-4-8-24(21)29)13-14-25(18)33-17-26(30)28-19(2)20-9-11-22(27)12-10-20/h3-4,6,8-14,16,19H,5,7,15,17H2,1-2H3,(H,28,30)/t19-/m0/s1. The molecular formula is C26H27FN2O4S. The monoisotopic (exact) mass is 482 g/mol. The highest BCUT2D eigenvalue weighted by atomic mass is 32.2. The number of rotatable bonds is 7. The average molecular weight is 483 g/mol. The predicted octanol–water partition coefficient (Wildman–Crippen LogP) is 4.53. The van der Waals surface area contributed by atoms with Crippen molar-refractivity contribution in [2.24, 2.45) is 0 Å². The quantitative estimate of drug-likeness (QED) is 0.537. The van der Waals surface area contributed by atoms with Gasteiger partial charge in [0, 0.05) is 6.54 Å². The van der Waals surface area contributed by atoms with Gasteiger partial charge in [-0.25, -0.2) is 12.8 Å². The van der Waals surface area contributed by atoms with E-state index < -0.39 is 10.0 Å².